The van der Waals surface area contributed by atoms with Crippen molar-refractivity contribution in [2.24, 2.45) is 0 Å². The zero-order valence-corrected chi connectivity index (χ0v) is 35.7. The van der Waals surface area contributed by atoms with Crippen molar-refractivity contribution in [2.45, 2.75) is 47.5 Å². The summed E-state index contributed by atoms with van der Waals surface area (Å²) in [5, 5.41) is 3.55. The van der Waals surface area contributed by atoms with Crippen LogP contribution in [-0.2, 0) is 6.42 Å². The van der Waals surface area contributed by atoms with Crippen molar-refractivity contribution >= 4 is 33.8 Å². The summed E-state index contributed by atoms with van der Waals surface area (Å²) in [6, 6.07) is 53.0. The number of hydrogen-bond donors (Lipinski definition) is 0. The first kappa shape index (κ1) is 40.5. The third kappa shape index (κ3) is 8.31. The molecule has 9 rings (SSSR count). The second-order valence-corrected chi connectivity index (χ2v) is 15.2. The summed E-state index contributed by atoms with van der Waals surface area (Å²) >= 11 is 0. The van der Waals surface area contributed by atoms with Gasteiger partial charge in [0.1, 0.15) is 0 Å². The van der Waals surface area contributed by atoms with Crippen LogP contribution >= 0.6 is 0 Å². The van der Waals surface area contributed by atoms with Gasteiger partial charge in [-0.2, -0.15) is 0 Å². The lowest BCUT2D eigenvalue weighted by Crippen LogP contribution is -2.00. The predicted molar refractivity (Wildman–Crippen MR) is 260 cm³/mol. The molecular weight excluding hydrogens is 741 g/mol. The molecule has 61 heavy (non-hydrogen) atoms. The van der Waals surface area contributed by atoms with Crippen molar-refractivity contribution in [1.82, 2.24) is 19.9 Å². The number of fused-ring (bicyclic) bond motifs is 2. The molecule has 0 aliphatic heterocycles. The number of rotatable bonds is 9. The van der Waals surface area contributed by atoms with E-state index in [2.05, 4.69) is 143 Å². The maximum atomic E-state index is 5.15. The Bertz CT molecular complexity index is 2960. The van der Waals surface area contributed by atoms with Crippen LogP contribution in [-0.4, -0.2) is 19.9 Å². The molecular formula is C57H50N4. The Hall–Kier alpha value is -7.30. The Labute approximate surface area is 360 Å². The first-order valence-corrected chi connectivity index (χ1v) is 21.3. The molecule has 0 radical (unpaired) electrons. The number of pyridine rings is 1. The molecule has 0 saturated carbocycles. The van der Waals surface area contributed by atoms with Crippen LogP contribution in [0.3, 0.4) is 0 Å². The molecule has 0 atom stereocenters. The minimum atomic E-state index is 0.615. The molecule has 0 saturated heterocycles. The molecule has 2 aromatic heterocycles. The first-order chi connectivity index (χ1) is 29.9. The maximum Gasteiger partial charge on any atom is 0.164 e. The van der Waals surface area contributed by atoms with Crippen LogP contribution in [0.4, 0.5) is 0 Å². The van der Waals surface area contributed by atoms with Gasteiger partial charge in [-0.1, -0.05) is 167 Å². The summed E-state index contributed by atoms with van der Waals surface area (Å²) in [4.78, 5) is 19.9. The van der Waals surface area contributed by atoms with Gasteiger partial charge in [-0.15, -0.1) is 0 Å². The molecule has 0 N–H and O–H groups in total. The lowest BCUT2D eigenvalue weighted by atomic mass is 9.86. The van der Waals surface area contributed by atoms with Crippen molar-refractivity contribution in [2.75, 3.05) is 0 Å². The SMILES string of the molecule is C=Cc1c(C)c(CC)c(/C=C\C)c2cc(-c3cc(-c4ccc(-c5ccnc6ccccc56)cc4)cc(-c4nc(-c5ccccc5)nc(-c5ccccc5)n4)c3)ccc12.CCC. The Kier molecular flexibility index (Phi) is 12.2. The van der Waals surface area contributed by atoms with E-state index in [0.29, 0.717) is 17.5 Å². The highest BCUT2D eigenvalue weighted by Gasteiger charge is 2.18. The standard InChI is InChI=1S/C54H42N4.C3H8/c1-5-16-47-44(6-2)35(4)45(7-3)48-28-27-40(34-50(47)48)42-31-41(36-23-25-37(26-24-36)46-29-30-55-51-22-15-14-21-49(46)51)32-43(33-42)54-57-52(38-17-10-8-11-18-38)56-53(58-54)39-19-12-9-13-20-39;1-3-2/h5,7-34H,3,6H2,1-2,4H3;3H2,1-2H3/b16-5-;. The highest BCUT2D eigenvalue weighted by molar-refractivity contribution is 6.01. The normalized spacial score (nSPS) is 11.2. The smallest absolute Gasteiger partial charge is 0.164 e. The third-order valence-electron chi connectivity index (χ3n) is 11.1. The average molecular weight is 791 g/mol. The Balaban J connectivity index is 0.00000166. The lowest BCUT2D eigenvalue weighted by Gasteiger charge is -2.18. The van der Waals surface area contributed by atoms with E-state index in [0.717, 1.165) is 67.4 Å². The Morgan fingerprint density at radius 2 is 1.03 bits per heavy atom. The third-order valence-corrected chi connectivity index (χ3v) is 11.1. The van der Waals surface area contributed by atoms with Crippen molar-refractivity contribution < 1.29 is 0 Å². The van der Waals surface area contributed by atoms with Gasteiger partial charge in [-0.05, 0) is 123 Å². The summed E-state index contributed by atoms with van der Waals surface area (Å²) in [6.07, 6.45) is 10.5. The second-order valence-electron chi connectivity index (χ2n) is 15.2. The molecule has 0 bridgehead atoms. The van der Waals surface area contributed by atoms with E-state index in [1.807, 2.05) is 79.0 Å². The highest BCUT2D eigenvalue weighted by Crippen LogP contribution is 2.39. The lowest BCUT2D eigenvalue weighted by molar-refractivity contribution is 1.07. The molecule has 0 spiro atoms. The zero-order valence-electron chi connectivity index (χ0n) is 35.7. The van der Waals surface area contributed by atoms with Crippen LogP contribution < -0.4 is 0 Å². The quantitative estimate of drug-likeness (QED) is 0.146. The van der Waals surface area contributed by atoms with Crippen LogP contribution in [0.1, 0.15) is 56.4 Å². The molecule has 0 aliphatic carbocycles. The van der Waals surface area contributed by atoms with Crippen molar-refractivity contribution in [3.63, 3.8) is 0 Å². The summed E-state index contributed by atoms with van der Waals surface area (Å²) < 4.78 is 0. The van der Waals surface area contributed by atoms with E-state index in [4.69, 9.17) is 15.0 Å². The van der Waals surface area contributed by atoms with Crippen LogP contribution in [0.15, 0.2) is 171 Å². The van der Waals surface area contributed by atoms with Gasteiger partial charge < -0.3 is 0 Å². The van der Waals surface area contributed by atoms with Crippen LogP contribution in [0.2, 0.25) is 0 Å². The van der Waals surface area contributed by atoms with Gasteiger partial charge in [0, 0.05) is 28.3 Å². The number of benzene rings is 7. The van der Waals surface area contributed by atoms with Gasteiger partial charge in [0.2, 0.25) is 0 Å². The molecule has 0 unspecified atom stereocenters. The number of nitrogens with zero attached hydrogens (tertiary/aromatic N) is 4. The monoisotopic (exact) mass is 790 g/mol. The van der Waals surface area contributed by atoms with Gasteiger partial charge in [-0.3, -0.25) is 4.98 Å². The Morgan fingerprint density at radius 1 is 0.492 bits per heavy atom. The van der Waals surface area contributed by atoms with Crippen LogP contribution in [0.25, 0.3) is 101 Å². The van der Waals surface area contributed by atoms with Gasteiger partial charge in [-0.25, -0.2) is 15.0 Å². The number of aromatic nitrogens is 4. The number of para-hydroxylation sites is 1. The van der Waals surface area contributed by atoms with Crippen molar-refractivity contribution in [3.05, 3.63) is 193 Å². The first-order valence-electron chi connectivity index (χ1n) is 21.3. The zero-order chi connectivity index (χ0) is 42.3. The predicted octanol–water partition coefficient (Wildman–Crippen LogP) is 15.5. The number of allylic oxidation sites excluding steroid dienone is 1. The highest BCUT2D eigenvalue weighted by atomic mass is 15.0. The summed E-state index contributed by atoms with van der Waals surface area (Å²) in [6.45, 7) is 15.0. The summed E-state index contributed by atoms with van der Waals surface area (Å²) in [7, 11) is 0. The fourth-order valence-electron chi connectivity index (χ4n) is 8.20. The average Bonchev–Trinajstić information content (AvgIpc) is 3.32. The van der Waals surface area contributed by atoms with Gasteiger partial charge in [0.25, 0.3) is 0 Å². The fourth-order valence-corrected chi connectivity index (χ4v) is 8.20. The molecule has 7 aromatic carbocycles. The van der Waals surface area contributed by atoms with Gasteiger partial charge in [0.15, 0.2) is 17.5 Å². The maximum absolute atomic E-state index is 5.15. The molecule has 0 fully saturated rings. The van der Waals surface area contributed by atoms with Crippen molar-refractivity contribution in [3.8, 4) is 67.5 Å². The second kappa shape index (κ2) is 18.3. The van der Waals surface area contributed by atoms with E-state index >= 15 is 0 Å². The Morgan fingerprint density at radius 3 is 1.64 bits per heavy atom. The minimum absolute atomic E-state index is 0.615. The molecule has 298 valence electrons. The van der Waals surface area contributed by atoms with E-state index in [1.165, 1.54) is 39.4 Å². The van der Waals surface area contributed by atoms with E-state index in [1.54, 1.807) is 0 Å². The van der Waals surface area contributed by atoms with Crippen LogP contribution in [0, 0.1) is 6.92 Å². The molecule has 4 heteroatoms. The molecule has 2 heterocycles. The molecule has 0 aliphatic rings. The summed E-state index contributed by atoms with van der Waals surface area (Å²) in [5.74, 6) is 1.88. The topological polar surface area (TPSA) is 51.6 Å². The van der Waals surface area contributed by atoms with E-state index < -0.39 is 0 Å². The van der Waals surface area contributed by atoms with E-state index in [9.17, 15) is 0 Å². The minimum Gasteiger partial charge on any atom is -0.256 e. The molecule has 4 nitrogen and oxygen atoms in total. The van der Waals surface area contributed by atoms with Gasteiger partial charge >= 0.3 is 0 Å². The van der Waals surface area contributed by atoms with Crippen molar-refractivity contribution in [1.29, 1.82) is 0 Å². The van der Waals surface area contributed by atoms with Crippen LogP contribution in [0.5, 0.6) is 0 Å². The van der Waals surface area contributed by atoms with Gasteiger partial charge in [0.05, 0.1) is 5.52 Å². The van der Waals surface area contributed by atoms with E-state index in [-0.39, 0.29) is 0 Å². The summed E-state index contributed by atoms with van der Waals surface area (Å²) in [5.41, 5.74) is 15.5. The molecule has 9 aromatic rings. The fraction of sp³-hybridized carbons (Fsp3) is 0.123. The largest absolute Gasteiger partial charge is 0.256 e. The number of hydrogen-bond acceptors (Lipinski definition) is 4. The molecule has 0 amide bonds.